The van der Waals surface area contributed by atoms with Gasteiger partial charge in [-0.1, -0.05) is 42.1 Å². The number of carbonyl (C=O) groups is 2. The van der Waals surface area contributed by atoms with Gasteiger partial charge in [-0.25, -0.2) is 4.98 Å². The number of benzene rings is 2. The molecule has 0 aliphatic heterocycles. The predicted octanol–water partition coefficient (Wildman–Crippen LogP) is 4.37. The number of para-hydroxylation sites is 2. The topological polar surface area (TPSA) is 76.0 Å². The fourth-order valence-electron chi connectivity index (χ4n) is 4.05. The SMILES string of the molecule is O=C(CSc1nc2c(n1-c1ccccc1)CCCC2)Nc1ccccc1C(=O)NC1CC1. The van der Waals surface area contributed by atoms with Crippen molar-refractivity contribution in [1.82, 2.24) is 14.9 Å². The second kappa shape index (κ2) is 9.20. The molecule has 1 saturated carbocycles. The molecule has 7 heteroatoms. The molecule has 1 heterocycles. The van der Waals surface area contributed by atoms with E-state index in [-0.39, 0.29) is 23.6 Å². The molecule has 1 aromatic heterocycles. The number of fused-ring (bicyclic) bond motifs is 1. The van der Waals surface area contributed by atoms with E-state index in [1.54, 1.807) is 12.1 Å². The van der Waals surface area contributed by atoms with Gasteiger partial charge < -0.3 is 10.6 Å². The van der Waals surface area contributed by atoms with Crippen LogP contribution in [0.1, 0.15) is 47.4 Å². The Morgan fingerprint density at radius 1 is 1.00 bits per heavy atom. The fraction of sp³-hybridized carbons (Fsp3) is 0.320. The molecule has 0 bridgehead atoms. The average Bonchev–Trinajstić information content (AvgIpc) is 3.55. The Balaban J connectivity index is 1.31. The molecule has 2 aromatic carbocycles. The zero-order valence-corrected chi connectivity index (χ0v) is 18.7. The molecule has 3 aromatic rings. The number of aromatic nitrogens is 2. The van der Waals surface area contributed by atoms with Gasteiger partial charge in [-0.05, 0) is 62.8 Å². The Labute approximate surface area is 191 Å². The van der Waals surface area contributed by atoms with Crippen LogP contribution in [0.3, 0.4) is 0 Å². The maximum atomic E-state index is 12.8. The van der Waals surface area contributed by atoms with Crippen LogP contribution >= 0.6 is 11.8 Å². The van der Waals surface area contributed by atoms with Gasteiger partial charge in [0, 0.05) is 17.4 Å². The zero-order chi connectivity index (χ0) is 21.9. The van der Waals surface area contributed by atoms with Crippen LogP contribution in [0.25, 0.3) is 5.69 Å². The van der Waals surface area contributed by atoms with Gasteiger partial charge in [-0.15, -0.1) is 0 Å². The van der Waals surface area contributed by atoms with Gasteiger partial charge in [0.05, 0.1) is 22.7 Å². The number of thioether (sulfide) groups is 1. The molecular weight excluding hydrogens is 420 g/mol. The molecule has 2 aliphatic rings. The summed E-state index contributed by atoms with van der Waals surface area (Å²) in [5, 5.41) is 6.75. The maximum Gasteiger partial charge on any atom is 0.253 e. The number of rotatable bonds is 7. The lowest BCUT2D eigenvalue weighted by molar-refractivity contribution is -0.113. The van der Waals surface area contributed by atoms with Crippen molar-refractivity contribution in [3.63, 3.8) is 0 Å². The molecule has 0 atom stereocenters. The molecule has 164 valence electrons. The summed E-state index contributed by atoms with van der Waals surface area (Å²) in [6.07, 6.45) is 6.36. The van der Waals surface area contributed by atoms with Crippen LogP contribution in [-0.4, -0.2) is 33.2 Å². The van der Waals surface area contributed by atoms with Crippen LogP contribution in [0.15, 0.2) is 59.8 Å². The highest BCUT2D eigenvalue weighted by Crippen LogP contribution is 2.31. The predicted molar refractivity (Wildman–Crippen MR) is 126 cm³/mol. The summed E-state index contributed by atoms with van der Waals surface area (Å²) in [6, 6.07) is 17.6. The van der Waals surface area contributed by atoms with Crippen LogP contribution in [0.2, 0.25) is 0 Å². The number of carbonyl (C=O) groups excluding carboxylic acids is 2. The number of anilines is 1. The highest BCUT2D eigenvalue weighted by Gasteiger charge is 2.25. The summed E-state index contributed by atoms with van der Waals surface area (Å²) in [7, 11) is 0. The molecule has 32 heavy (non-hydrogen) atoms. The van der Waals surface area contributed by atoms with Crippen molar-refractivity contribution in [3.8, 4) is 5.69 Å². The normalized spacial score (nSPS) is 15.1. The number of nitrogens with one attached hydrogen (secondary N) is 2. The fourth-order valence-corrected chi connectivity index (χ4v) is 4.90. The van der Waals surface area contributed by atoms with E-state index in [1.165, 1.54) is 17.5 Å². The standard InChI is InChI=1S/C25H26N4O2S/c30-23(27-20-11-5-4-10-19(20)24(31)26-17-14-15-17)16-32-25-28-21-12-6-7-13-22(21)29(25)18-8-2-1-3-9-18/h1-5,8-11,17H,6-7,12-16H2,(H,26,31)(H,27,30). The third-order valence-electron chi connectivity index (χ3n) is 5.81. The van der Waals surface area contributed by atoms with Gasteiger partial charge in [0.2, 0.25) is 5.91 Å². The van der Waals surface area contributed by atoms with Crippen molar-refractivity contribution >= 4 is 29.3 Å². The first-order valence-electron chi connectivity index (χ1n) is 11.2. The molecule has 2 N–H and O–H groups in total. The zero-order valence-electron chi connectivity index (χ0n) is 17.8. The van der Waals surface area contributed by atoms with Crippen LogP contribution in [-0.2, 0) is 17.6 Å². The molecule has 1 fully saturated rings. The van der Waals surface area contributed by atoms with E-state index in [0.29, 0.717) is 11.3 Å². The summed E-state index contributed by atoms with van der Waals surface area (Å²) in [5.41, 5.74) is 4.52. The van der Waals surface area contributed by atoms with Crippen LogP contribution < -0.4 is 10.6 Å². The minimum Gasteiger partial charge on any atom is -0.349 e. The Hall–Kier alpha value is -3.06. The summed E-state index contributed by atoms with van der Waals surface area (Å²) in [4.78, 5) is 30.2. The minimum atomic E-state index is -0.151. The Morgan fingerprint density at radius 2 is 1.75 bits per heavy atom. The highest BCUT2D eigenvalue weighted by atomic mass is 32.2. The van der Waals surface area contributed by atoms with Gasteiger partial charge in [0.15, 0.2) is 5.16 Å². The molecule has 0 saturated heterocycles. The molecule has 2 amide bonds. The van der Waals surface area contributed by atoms with Gasteiger partial charge in [0.25, 0.3) is 5.91 Å². The molecule has 0 unspecified atom stereocenters. The lowest BCUT2D eigenvalue weighted by atomic mass is 10.0. The highest BCUT2D eigenvalue weighted by molar-refractivity contribution is 7.99. The van der Waals surface area contributed by atoms with E-state index in [4.69, 9.17) is 4.98 Å². The van der Waals surface area contributed by atoms with Crippen LogP contribution in [0, 0.1) is 0 Å². The number of aryl methyl sites for hydroxylation is 1. The second-order valence-electron chi connectivity index (χ2n) is 8.30. The number of amides is 2. The molecular formula is C25H26N4O2S. The second-order valence-corrected chi connectivity index (χ2v) is 9.24. The number of nitrogens with zero attached hydrogens (tertiary/aromatic N) is 2. The summed E-state index contributed by atoms with van der Waals surface area (Å²) in [6.45, 7) is 0. The van der Waals surface area contributed by atoms with E-state index in [2.05, 4.69) is 27.3 Å². The maximum absolute atomic E-state index is 12.8. The van der Waals surface area contributed by atoms with Gasteiger partial charge >= 0.3 is 0 Å². The largest absolute Gasteiger partial charge is 0.349 e. The van der Waals surface area contributed by atoms with Crippen molar-refractivity contribution < 1.29 is 9.59 Å². The third kappa shape index (κ3) is 4.58. The smallest absolute Gasteiger partial charge is 0.253 e. The third-order valence-corrected chi connectivity index (χ3v) is 6.75. The number of hydrogen-bond acceptors (Lipinski definition) is 4. The first-order valence-corrected chi connectivity index (χ1v) is 12.2. The first kappa shape index (κ1) is 20.8. The van der Waals surface area contributed by atoms with E-state index >= 15 is 0 Å². The lowest BCUT2D eigenvalue weighted by Gasteiger charge is -2.15. The summed E-state index contributed by atoms with van der Waals surface area (Å²) >= 11 is 1.44. The molecule has 6 nitrogen and oxygen atoms in total. The summed E-state index contributed by atoms with van der Waals surface area (Å²) in [5.74, 6) is -0.0630. The Morgan fingerprint density at radius 3 is 2.56 bits per heavy atom. The van der Waals surface area contributed by atoms with Crippen molar-refractivity contribution in [2.45, 2.75) is 49.7 Å². The van der Waals surface area contributed by atoms with Crippen molar-refractivity contribution in [2.24, 2.45) is 0 Å². The molecule has 5 rings (SSSR count). The number of hydrogen-bond donors (Lipinski definition) is 2. The summed E-state index contributed by atoms with van der Waals surface area (Å²) < 4.78 is 2.20. The Bertz CT molecular complexity index is 1140. The first-order chi connectivity index (χ1) is 15.7. The van der Waals surface area contributed by atoms with Gasteiger partial charge in [0.1, 0.15) is 0 Å². The van der Waals surface area contributed by atoms with Crippen molar-refractivity contribution in [2.75, 3.05) is 11.1 Å². The van der Waals surface area contributed by atoms with E-state index in [0.717, 1.165) is 55.1 Å². The van der Waals surface area contributed by atoms with Crippen molar-refractivity contribution in [1.29, 1.82) is 0 Å². The average molecular weight is 447 g/mol. The lowest BCUT2D eigenvalue weighted by Crippen LogP contribution is -2.27. The molecule has 0 spiro atoms. The molecule has 0 radical (unpaired) electrons. The van der Waals surface area contributed by atoms with E-state index in [1.807, 2.05) is 30.3 Å². The minimum absolute atomic E-state index is 0.136. The van der Waals surface area contributed by atoms with Gasteiger partial charge in [-0.2, -0.15) is 0 Å². The molecule has 2 aliphatic carbocycles. The van der Waals surface area contributed by atoms with E-state index in [9.17, 15) is 9.59 Å². The monoisotopic (exact) mass is 446 g/mol. The van der Waals surface area contributed by atoms with Crippen LogP contribution in [0.4, 0.5) is 5.69 Å². The number of imidazole rings is 1. The van der Waals surface area contributed by atoms with Crippen LogP contribution in [0.5, 0.6) is 0 Å². The van der Waals surface area contributed by atoms with Gasteiger partial charge in [-0.3, -0.25) is 14.2 Å². The quantitative estimate of drug-likeness (QED) is 0.529. The van der Waals surface area contributed by atoms with E-state index < -0.39 is 0 Å². The Kier molecular flexibility index (Phi) is 5.99. The van der Waals surface area contributed by atoms with Crippen molar-refractivity contribution in [3.05, 3.63) is 71.5 Å².